The second kappa shape index (κ2) is 3.96. The third-order valence-electron chi connectivity index (χ3n) is 2.07. The molecule has 76 valence electrons. The van der Waals surface area contributed by atoms with Crippen molar-refractivity contribution >= 4 is 22.9 Å². The molecule has 0 radical (unpaired) electrons. The second-order valence-corrected chi connectivity index (χ2v) is 3.15. The van der Waals surface area contributed by atoms with E-state index in [9.17, 15) is 4.79 Å². The molecule has 4 heteroatoms. The molecule has 0 bridgehead atoms. The molecule has 15 heavy (non-hydrogen) atoms. The second-order valence-electron chi connectivity index (χ2n) is 3.15. The summed E-state index contributed by atoms with van der Waals surface area (Å²) in [5.41, 5.74) is 1.72. The molecule has 0 unspecified atom stereocenters. The van der Waals surface area contributed by atoms with Gasteiger partial charge in [0.2, 0.25) is 0 Å². The highest BCUT2D eigenvalue weighted by Crippen LogP contribution is 2.16. The Kier molecular flexibility index (Phi) is 2.49. The molecule has 0 amide bonds. The number of H-pyrrole nitrogens is 1. The Morgan fingerprint density at radius 2 is 2.27 bits per heavy atom. The highest BCUT2D eigenvalue weighted by molar-refractivity contribution is 5.86. The highest BCUT2D eigenvalue weighted by atomic mass is 16.4. The van der Waals surface area contributed by atoms with Crippen LogP contribution in [0.4, 0.5) is 0 Å². The third-order valence-corrected chi connectivity index (χ3v) is 2.07. The molecule has 0 spiro atoms. The molecule has 0 atom stereocenters. The number of para-hydroxylation sites is 1. The summed E-state index contributed by atoms with van der Waals surface area (Å²) in [4.78, 5) is 10.3. The van der Waals surface area contributed by atoms with E-state index in [2.05, 4.69) is 10.2 Å². The van der Waals surface area contributed by atoms with E-state index in [-0.39, 0.29) is 6.42 Å². The zero-order chi connectivity index (χ0) is 10.7. The quantitative estimate of drug-likeness (QED) is 0.800. The van der Waals surface area contributed by atoms with E-state index < -0.39 is 5.97 Å². The predicted octanol–water partition coefficient (Wildman–Crippen LogP) is 2.05. The van der Waals surface area contributed by atoms with Gasteiger partial charge < -0.3 is 5.11 Å². The van der Waals surface area contributed by atoms with Gasteiger partial charge in [0.1, 0.15) is 0 Å². The van der Waals surface area contributed by atoms with Gasteiger partial charge in [-0.05, 0) is 12.1 Å². The van der Waals surface area contributed by atoms with Gasteiger partial charge in [0.25, 0.3) is 0 Å². The van der Waals surface area contributed by atoms with Crippen molar-refractivity contribution in [3.8, 4) is 0 Å². The van der Waals surface area contributed by atoms with Gasteiger partial charge in [-0.2, -0.15) is 5.10 Å². The molecule has 0 saturated carbocycles. The summed E-state index contributed by atoms with van der Waals surface area (Å²) in [6.07, 6.45) is 3.36. The SMILES string of the molecule is O=C(O)CC=Cc1[nH]nc2ccccc12. The van der Waals surface area contributed by atoms with E-state index in [1.54, 1.807) is 12.2 Å². The number of nitrogens with zero attached hydrogens (tertiary/aromatic N) is 1. The van der Waals surface area contributed by atoms with E-state index in [0.29, 0.717) is 0 Å². The van der Waals surface area contributed by atoms with Crippen LogP contribution in [0.15, 0.2) is 30.3 Å². The van der Waals surface area contributed by atoms with E-state index in [4.69, 9.17) is 5.11 Å². The number of carbonyl (C=O) groups is 1. The van der Waals surface area contributed by atoms with Crippen LogP contribution in [0.2, 0.25) is 0 Å². The van der Waals surface area contributed by atoms with E-state index in [1.807, 2.05) is 24.3 Å². The minimum absolute atomic E-state index is 0.0212. The predicted molar refractivity (Wildman–Crippen MR) is 57.4 cm³/mol. The zero-order valence-electron chi connectivity index (χ0n) is 7.97. The van der Waals surface area contributed by atoms with Gasteiger partial charge in [0.15, 0.2) is 0 Å². The molecular weight excluding hydrogens is 192 g/mol. The maximum Gasteiger partial charge on any atom is 0.307 e. The van der Waals surface area contributed by atoms with Crippen LogP contribution in [0.25, 0.3) is 17.0 Å². The van der Waals surface area contributed by atoms with Crippen molar-refractivity contribution in [2.75, 3.05) is 0 Å². The Morgan fingerprint density at radius 3 is 3.07 bits per heavy atom. The third kappa shape index (κ3) is 2.04. The number of hydrogen-bond donors (Lipinski definition) is 2. The first kappa shape index (κ1) is 9.45. The minimum atomic E-state index is -0.838. The number of carboxylic acids is 1. The Bertz CT molecular complexity index is 514. The van der Waals surface area contributed by atoms with Gasteiger partial charge in [-0.25, -0.2) is 0 Å². The summed E-state index contributed by atoms with van der Waals surface area (Å²) in [5, 5.41) is 16.4. The van der Waals surface area contributed by atoms with Crippen molar-refractivity contribution < 1.29 is 9.90 Å². The molecular formula is C11H10N2O2. The number of carboxylic acid groups (broad SMARTS) is 1. The highest BCUT2D eigenvalue weighted by Gasteiger charge is 2.00. The van der Waals surface area contributed by atoms with Crippen LogP contribution in [-0.4, -0.2) is 21.3 Å². The number of rotatable bonds is 3. The summed E-state index contributed by atoms with van der Waals surface area (Å²) >= 11 is 0. The molecule has 1 heterocycles. The van der Waals surface area contributed by atoms with E-state index in [1.165, 1.54) is 0 Å². The van der Waals surface area contributed by atoms with Crippen LogP contribution in [0.3, 0.4) is 0 Å². The maximum absolute atomic E-state index is 10.3. The topological polar surface area (TPSA) is 66.0 Å². The van der Waals surface area contributed by atoms with Crippen molar-refractivity contribution in [3.05, 3.63) is 36.0 Å². The van der Waals surface area contributed by atoms with Gasteiger partial charge in [0.05, 0.1) is 17.6 Å². The Hall–Kier alpha value is -2.10. The molecule has 2 N–H and O–H groups in total. The molecule has 0 aliphatic carbocycles. The number of hydrogen-bond acceptors (Lipinski definition) is 2. The lowest BCUT2D eigenvalue weighted by Crippen LogP contribution is -1.89. The monoisotopic (exact) mass is 202 g/mol. The molecule has 2 rings (SSSR count). The van der Waals surface area contributed by atoms with Gasteiger partial charge >= 0.3 is 5.97 Å². The first-order valence-electron chi connectivity index (χ1n) is 4.59. The Labute approximate surface area is 86.2 Å². The van der Waals surface area contributed by atoms with Crippen LogP contribution < -0.4 is 0 Å². The first-order chi connectivity index (χ1) is 7.27. The molecule has 0 aliphatic rings. The fraction of sp³-hybridized carbons (Fsp3) is 0.0909. The molecule has 4 nitrogen and oxygen atoms in total. The Morgan fingerprint density at radius 1 is 1.47 bits per heavy atom. The number of nitrogens with one attached hydrogen (secondary N) is 1. The van der Waals surface area contributed by atoms with Gasteiger partial charge in [-0.1, -0.05) is 24.3 Å². The number of aliphatic carboxylic acids is 1. The number of fused-ring (bicyclic) bond motifs is 1. The molecule has 0 fully saturated rings. The molecule has 0 saturated heterocycles. The van der Waals surface area contributed by atoms with Crippen molar-refractivity contribution in [3.63, 3.8) is 0 Å². The van der Waals surface area contributed by atoms with Crippen LogP contribution in [0.1, 0.15) is 12.1 Å². The number of aromatic amines is 1. The van der Waals surface area contributed by atoms with Crippen LogP contribution in [-0.2, 0) is 4.79 Å². The maximum atomic E-state index is 10.3. The number of aromatic nitrogens is 2. The largest absolute Gasteiger partial charge is 0.481 e. The molecule has 2 aromatic rings. The normalized spacial score (nSPS) is 11.2. The van der Waals surface area contributed by atoms with Gasteiger partial charge in [0, 0.05) is 5.39 Å². The average Bonchev–Trinajstić information content (AvgIpc) is 2.62. The minimum Gasteiger partial charge on any atom is -0.481 e. The fourth-order valence-corrected chi connectivity index (χ4v) is 1.38. The first-order valence-corrected chi connectivity index (χ1v) is 4.59. The van der Waals surface area contributed by atoms with E-state index in [0.717, 1.165) is 16.6 Å². The standard InChI is InChI=1S/C11H10N2O2/c14-11(15)7-3-6-10-8-4-1-2-5-9(8)12-13-10/h1-6H,7H2,(H,12,13)(H,14,15). The summed E-state index contributed by atoms with van der Waals surface area (Å²) < 4.78 is 0. The Balaban J connectivity index is 2.28. The average molecular weight is 202 g/mol. The van der Waals surface area contributed by atoms with Gasteiger partial charge in [-0.15, -0.1) is 0 Å². The van der Waals surface area contributed by atoms with Crippen LogP contribution in [0, 0.1) is 0 Å². The lowest BCUT2D eigenvalue weighted by Gasteiger charge is -1.88. The summed E-state index contributed by atoms with van der Waals surface area (Å²) in [7, 11) is 0. The van der Waals surface area contributed by atoms with Crippen LogP contribution >= 0.6 is 0 Å². The van der Waals surface area contributed by atoms with Crippen LogP contribution in [0.5, 0.6) is 0 Å². The van der Waals surface area contributed by atoms with Gasteiger partial charge in [-0.3, -0.25) is 9.89 Å². The zero-order valence-corrected chi connectivity index (χ0v) is 7.97. The van der Waals surface area contributed by atoms with E-state index >= 15 is 0 Å². The number of benzene rings is 1. The lowest BCUT2D eigenvalue weighted by atomic mass is 10.2. The van der Waals surface area contributed by atoms with Crippen molar-refractivity contribution in [1.82, 2.24) is 10.2 Å². The molecule has 1 aromatic heterocycles. The smallest absolute Gasteiger partial charge is 0.307 e. The summed E-state index contributed by atoms with van der Waals surface area (Å²) in [6, 6.07) is 7.68. The van der Waals surface area contributed by atoms with Crippen molar-refractivity contribution in [2.24, 2.45) is 0 Å². The summed E-state index contributed by atoms with van der Waals surface area (Å²) in [6.45, 7) is 0. The fourth-order valence-electron chi connectivity index (χ4n) is 1.38. The lowest BCUT2D eigenvalue weighted by molar-refractivity contribution is -0.135. The van der Waals surface area contributed by atoms with Crippen molar-refractivity contribution in [1.29, 1.82) is 0 Å². The summed E-state index contributed by atoms with van der Waals surface area (Å²) in [5.74, 6) is -0.838. The molecule has 0 aliphatic heterocycles. The van der Waals surface area contributed by atoms with Crippen molar-refractivity contribution in [2.45, 2.75) is 6.42 Å². The molecule has 1 aromatic carbocycles.